The van der Waals surface area contributed by atoms with Crippen molar-refractivity contribution >= 4 is 29.1 Å². The van der Waals surface area contributed by atoms with Gasteiger partial charge in [-0.05, 0) is 43.4 Å². The highest BCUT2D eigenvalue weighted by molar-refractivity contribution is 6.31. The Hall–Kier alpha value is -1.35. The minimum Gasteiger partial charge on any atom is -0.274 e. The van der Waals surface area contributed by atoms with Gasteiger partial charge in [0.2, 0.25) is 11.8 Å². The maximum absolute atomic E-state index is 12.5. The van der Waals surface area contributed by atoms with Gasteiger partial charge in [-0.3, -0.25) is 14.5 Å². The monoisotopic (exact) mass is 277 g/mol. The first-order valence-corrected chi connectivity index (χ1v) is 7.09. The van der Waals surface area contributed by atoms with Crippen LogP contribution in [0.5, 0.6) is 0 Å². The number of amides is 2. The molecule has 100 valence electrons. The number of rotatable bonds is 1. The Labute approximate surface area is 117 Å². The SMILES string of the molecule is C[C@@H]1CC[C@@H]2C(=O)N(c3cccc(Cl)c3)C(=O)[C@@H]2C1. The zero-order valence-electron chi connectivity index (χ0n) is 10.8. The topological polar surface area (TPSA) is 37.4 Å². The van der Waals surface area contributed by atoms with Crippen LogP contribution in [-0.4, -0.2) is 11.8 Å². The smallest absolute Gasteiger partial charge is 0.237 e. The average Bonchev–Trinajstić information content (AvgIpc) is 2.61. The molecule has 1 aliphatic heterocycles. The predicted octanol–water partition coefficient (Wildman–Crippen LogP) is 3.27. The van der Waals surface area contributed by atoms with Gasteiger partial charge < -0.3 is 0 Å². The molecule has 1 saturated carbocycles. The molecule has 1 aromatic rings. The largest absolute Gasteiger partial charge is 0.274 e. The van der Waals surface area contributed by atoms with Crippen molar-refractivity contribution in [1.29, 1.82) is 0 Å². The first-order chi connectivity index (χ1) is 9.08. The fraction of sp³-hybridized carbons (Fsp3) is 0.467. The number of hydrogen-bond acceptors (Lipinski definition) is 2. The van der Waals surface area contributed by atoms with Crippen molar-refractivity contribution in [2.24, 2.45) is 17.8 Å². The molecule has 2 fully saturated rings. The third-order valence-corrected chi connectivity index (χ3v) is 4.49. The van der Waals surface area contributed by atoms with Crippen LogP contribution in [0.25, 0.3) is 0 Å². The normalized spacial score (nSPS) is 30.6. The average molecular weight is 278 g/mol. The van der Waals surface area contributed by atoms with Gasteiger partial charge in [0.25, 0.3) is 0 Å². The summed E-state index contributed by atoms with van der Waals surface area (Å²) in [6, 6.07) is 6.95. The molecule has 0 N–H and O–H groups in total. The van der Waals surface area contributed by atoms with E-state index in [-0.39, 0.29) is 23.7 Å². The van der Waals surface area contributed by atoms with Crippen LogP contribution in [0.2, 0.25) is 5.02 Å². The van der Waals surface area contributed by atoms with Crippen LogP contribution >= 0.6 is 11.6 Å². The van der Waals surface area contributed by atoms with Gasteiger partial charge >= 0.3 is 0 Å². The Morgan fingerprint density at radius 2 is 1.89 bits per heavy atom. The molecule has 0 aromatic heterocycles. The summed E-state index contributed by atoms with van der Waals surface area (Å²) in [6.45, 7) is 2.15. The number of fused-ring (bicyclic) bond motifs is 1. The quantitative estimate of drug-likeness (QED) is 0.739. The Kier molecular flexibility index (Phi) is 3.09. The predicted molar refractivity (Wildman–Crippen MR) is 73.9 cm³/mol. The second-order valence-corrected chi connectivity index (χ2v) is 6.06. The number of anilines is 1. The second kappa shape index (κ2) is 4.64. The van der Waals surface area contributed by atoms with Crippen molar-refractivity contribution in [2.75, 3.05) is 4.90 Å². The van der Waals surface area contributed by atoms with E-state index in [0.717, 1.165) is 19.3 Å². The summed E-state index contributed by atoms with van der Waals surface area (Å²) in [5.41, 5.74) is 0.601. The summed E-state index contributed by atoms with van der Waals surface area (Å²) >= 11 is 5.95. The van der Waals surface area contributed by atoms with Crippen LogP contribution in [0.1, 0.15) is 26.2 Å². The Balaban J connectivity index is 1.95. The molecule has 0 unspecified atom stereocenters. The first kappa shape index (κ1) is 12.7. The molecule has 0 bridgehead atoms. The summed E-state index contributed by atoms with van der Waals surface area (Å²) in [4.78, 5) is 26.2. The van der Waals surface area contributed by atoms with Gasteiger partial charge in [-0.1, -0.05) is 24.6 Å². The minimum absolute atomic E-state index is 0.0517. The molecule has 2 aliphatic rings. The number of carbonyl (C=O) groups is 2. The van der Waals surface area contributed by atoms with Gasteiger partial charge in [0.1, 0.15) is 0 Å². The minimum atomic E-state index is -0.129. The molecule has 1 aliphatic carbocycles. The third kappa shape index (κ3) is 2.06. The summed E-state index contributed by atoms with van der Waals surface area (Å²) in [7, 11) is 0. The number of halogens is 1. The molecule has 0 radical (unpaired) electrons. The molecule has 1 aromatic carbocycles. The lowest BCUT2D eigenvalue weighted by atomic mass is 9.76. The molecular formula is C15H16ClNO2. The van der Waals surface area contributed by atoms with E-state index in [1.54, 1.807) is 24.3 Å². The van der Waals surface area contributed by atoms with Gasteiger partial charge in [-0.15, -0.1) is 0 Å². The van der Waals surface area contributed by atoms with Gasteiger partial charge in [0.05, 0.1) is 17.5 Å². The standard InChI is InChI=1S/C15H16ClNO2/c1-9-5-6-12-13(7-9)15(19)17(14(12)18)11-4-2-3-10(16)8-11/h2-4,8-9,12-13H,5-7H2,1H3/t9-,12+,13-/m1/s1. The molecule has 4 heteroatoms. The number of imide groups is 1. The zero-order valence-corrected chi connectivity index (χ0v) is 11.6. The highest BCUT2D eigenvalue weighted by Gasteiger charge is 2.49. The van der Waals surface area contributed by atoms with Gasteiger partial charge in [-0.25, -0.2) is 0 Å². The number of hydrogen-bond donors (Lipinski definition) is 0. The molecular weight excluding hydrogens is 262 g/mol. The van der Waals surface area contributed by atoms with Crippen LogP contribution < -0.4 is 4.90 Å². The Morgan fingerprint density at radius 1 is 1.16 bits per heavy atom. The lowest BCUT2D eigenvalue weighted by molar-refractivity contribution is -0.122. The summed E-state index contributed by atoms with van der Waals surface area (Å²) in [5.74, 6) is 0.170. The van der Waals surface area contributed by atoms with Crippen molar-refractivity contribution in [1.82, 2.24) is 0 Å². The van der Waals surface area contributed by atoms with E-state index in [9.17, 15) is 9.59 Å². The van der Waals surface area contributed by atoms with E-state index >= 15 is 0 Å². The molecule has 3 rings (SSSR count). The van der Waals surface area contributed by atoms with E-state index < -0.39 is 0 Å². The molecule has 3 atom stereocenters. The van der Waals surface area contributed by atoms with E-state index in [2.05, 4.69) is 6.92 Å². The van der Waals surface area contributed by atoms with Gasteiger partial charge in [-0.2, -0.15) is 0 Å². The summed E-state index contributed by atoms with van der Waals surface area (Å²) in [5, 5.41) is 0.543. The fourth-order valence-corrected chi connectivity index (χ4v) is 3.44. The second-order valence-electron chi connectivity index (χ2n) is 5.62. The number of benzene rings is 1. The van der Waals surface area contributed by atoms with E-state index in [1.165, 1.54) is 4.90 Å². The summed E-state index contributed by atoms with van der Waals surface area (Å²) < 4.78 is 0. The van der Waals surface area contributed by atoms with Gasteiger partial charge in [0, 0.05) is 5.02 Å². The lowest BCUT2D eigenvalue weighted by Crippen LogP contribution is -2.30. The van der Waals surface area contributed by atoms with Crippen LogP contribution in [-0.2, 0) is 9.59 Å². The van der Waals surface area contributed by atoms with Crippen LogP contribution in [0.15, 0.2) is 24.3 Å². The van der Waals surface area contributed by atoms with Crippen molar-refractivity contribution in [3.63, 3.8) is 0 Å². The number of carbonyl (C=O) groups excluding carboxylic acids is 2. The van der Waals surface area contributed by atoms with Crippen LogP contribution in [0, 0.1) is 17.8 Å². The van der Waals surface area contributed by atoms with Crippen molar-refractivity contribution in [3.8, 4) is 0 Å². The molecule has 1 saturated heterocycles. The third-order valence-electron chi connectivity index (χ3n) is 4.25. The molecule has 19 heavy (non-hydrogen) atoms. The van der Waals surface area contributed by atoms with Crippen LogP contribution in [0.3, 0.4) is 0 Å². The van der Waals surface area contributed by atoms with Crippen molar-refractivity contribution < 1.29 is 9.59 Å². The lowest BCUT2D eigenvalue weighted by Gasteiger charge is -2.25. The Bertz CT molecular complexity index is 543. The Morgan fingerprint density at radius 3 is 2.63 bits per heavy atom. The van der Waals surface area contributed by atoms with Crippen LogP contribution in [0.4, 0.5) is 5.69 Å². The van der Waals surface area contributed by atoms with E-state index in [1.807, 2.05) is 0 Å². The fourth-order valence-electron chi connectivity index (χ4n) is 3.26. The van der Waals surface area contributed by atoms with Crippen molar-refractivity contribution in [3.05, 3.63) is 29.3 Å². The van der Waals surface area contributed by atoms with E-state index in [0.29, 0.717) is 16.6 Å². The van der Waals surface area contributed by atoms with Crippen molar-refractivity contribution in [2.45, 2.75) is 26.2 Å². The maximum atomic E-state index is 12.5. The molecule has 0 spiro atoms. The number of nitrogens with zero attached hydrogens (tertiary/aromatic N) is 1. The molecule has 1 heterocycles. The maximum Gasteiger partial charge on any atom is 0.237 e. The first-order valence-electron chi connectivity index (χ1n) is 6.71. The highest BCUT2D eigenvalue weighted by atomic mass is 35.5. The van der Waals surface area contributed by atoms with Gasteiger partial charge in [0.15, 0.2) is 0 Å². The zero-order chi connectivity index (χ0) is 13.6. The summed E-state index contributed by atoms with van der Waals surface area (Å²) in [6.07, 6.45) is 2.68. The van der Waals surface area contributed by atoms with E-state index in [4.69, 9.17) is 11.6 Å². The molecule has 2 amide bonds. The highest BCUT2D eigenvalue weighted by Crippen LogP contribution is 2.42. The molecule has 3 nitrogen and oxygen atoms in total.